The molecule has 14 heavy (non-hydrogen) atoms. The van der Waals surface area contributed by atoms with Gasteiger partial charge in [-0.25, -0.2) is 0 Å². The molecule has 1 unspecified atom stereocenters. The number of ether oxygens (including phenoxy) is 1. The van der Waals surface area contributed by atoms with Crippen LogP contribution >= 0.6 is 0 Å². The highest BCUT2D eigenvalue weighted by molar-refractivity contribution is 5.69. The second-order valence-corrected chi connectivity index (χ2v) is 2.93. The number of carbonyl (C=O) groups excluding carboxylic acids is 2. The third-order valence-corrected chi connectivity index (χ3v) is 1.60. The number of aldehydes is 1. The monoisotopic (exact) mass is 204 g/mol. The summed E-state index contributed by atoms with van der Waals surface area (Å²) in [5.41, 5.74) is 0. The van der Waals surface area contributed by atoms with E-state index in [1.807, 2.05) is 0 Å². The Kier molecular flexibility index (Phi) is 8.07. The lowest BCUT2D eigenvalue weighted by molar-refractivity contribution is -0.147. The van der Waals surface area contributed by atoms with E-state index in [4.69, 9.17) is 10.2 Å². The first-order chi connectivity index (χ1) is 6.70. The minimum absolute atomic E-state index is 0.178. The Balaban J connectivity index is 3.32. The van der Waals surface area contributed by atoms with Crippen molar-refractivity contribution in [2.45, 2.75) is 31.8 Å². The van der Waals surface area contributed by atoms with Gasteiger partial charge in [0.15, 0.2) is 0 Å². The van der Waals surface area contributed by atoms with Gasteiger partial charge in [0.25, 0.3) is 0 Å². The van der Waals surface area contributed by atoms with Crippen LogP contribution < -0.4 is 0 Å². The maximum atomic E-state index is 10.9. The lowest BCUT2D eigenvalue weighted by Gasteiger charge is -2.07. The lowest BCUT2D eigenvalue weighted by atomic mass is 10.2. The van der Waals surface area contributed by atoms with Crippen LogP contribution in [0.15, 0.2) is 0 Å². The standard InChI is InChI=1S/C9H16O5/c10-5-3-1-2-4-9(13)14-7-8(12)6-11/h5,8,11-12H,1-4,6-7H2. The van der Waals surface area contributed by atoms with Crippen LogP contribution in [-0.2, 0) is 14.3 Å². The highest BCUT2D eigenvalue weighted by Crippen LogP contribution is 2.00. The Morgan fingerprint density at radius 1 is 1.43 bits per heavy atom. The van der Waals surface area contributed by atoms with E-state index >= 15 is 0 Å². The van der Waals surface area contributed by atoms with Crippen LogP contribution in [0.1, 0.15) is 25.7 Å². The molecular formula is C9H16O5. The van der Waals surface area contributed by atoms with Gasteiger partial charge in [-0.3, -0.25) is 4.79 Å². The lowest BCUT2D eigenvalue weighted by Crippen LogP contribution is -2.21. The third-order valence-electron chi connectivity index (χ3n) is 1.60. The molecule has 0 amide bonds. The number of esters is 1. The third kappa shape index (κ3) is 7.70. The molecule has 0 fully saturated rings. The van der Waals surface area contributed by atoms with Crippen LogP contribution in [0.4, 0.5) is 0 Å². The molecule has 0 heterocycles. The Hall–Kier alpha value is -0.940. The molecule has 0 aliphatic heterocycles. The summed E-state index contributed by atoms with van der Waals surface area (Å²) in [6.07, 6.45) is 1.77. The number of rotatable bonds is 8. The van der Waals surface area contributed by atoms with Gasteiger partial charge < -0.3 is 19.7 Å². The Morgan fingerprint density at radius 2 is 2.14 bits per heavy atom. The maximum absolute atomic E-state index is 10.9. The highest BCUT2D eigenvalue weighted by Gasteiger charge is 2.06. The molecule has 0 aliphatic carbocycles. The zero-order valence-corrected chi connectivity index (χ0v) is 8.02. The summed E-state index contributed by atoms with van der Waals surface area (Å²) in [5, 5.41) is 17.3. The van der Waals surface area contributed by atoms with E-state index in [-0.39, 0.29) is 13.0 Å². The molecule has 5 nitrogen and oxygen atoms in total. The van der Waals surface area contributed by atoms with E-state index < -0.39 is 18.7 Å². The maximum Gasteiger partial charge on any atom is 0.305 e. The number of hydrogen-bond acceptors (Lipinski definition) is 5. The van der Waals surface area contributed by atoms with Crippen LogP contribution in [0.25, 0.3) is 0 Å². The summed E-state index contributed by atoms with van der Waals surface area (Å²) >= 11 is 0. The number of unbranched alkanes of at least 4 members (excludes halogenated alkanes) is 2. The topological polar surface area (TPSA) is 83.8 Å². The Labute approximate surface area is 82.7 Å². The molecule has 0 saturated heterocycles. The Bertz CT molecular complexity index is 169. The molecule has 0 spiro atoms. The smallest absolute Gasteiger partial charge is 0.305 e. The second-order valence-electron chi connectivity index (χ2n) is 2.93. The van der Waals surface area contributed by atoms with Crippen molar-refractivity contribution in [3.63, 3.8) is 0 Å². The van der Waals surface area contributed by atoms with Crippen molar-refractivity contribution in [3.05, 3.63) is 0 Å². The quantitative estimate of drug-likeness (QED) is 0.320. The van der Waals surface area contributed by atoms with Crippen molar-refractivity contribution in [1.82, 2.24) is 0 Å². The van der Waals surface area contributed by atoms with E-state index in [9.17, 15) is 9.59 Å². The van der Waals surface area contributed by atoms with Gasteiger partial charge in [0, 0.05) is 12.8 Å². The molecule has 2 N–H and O–H groups in total. The first kappa shape index (κ1) is 13.1. The predicted molar refractivity (Wildman–Crippen MR) is 48.6 cm³/mol. The predicted octanol–water partition coefficient (Wildman–Crippen LogP) is -0.358. The molecule has 0 aromatic carbocycles. The Morgan fingerprint density at radius 3 is 2.71 bits per heavy atom. The highest BCUT2D eigenvalue weighted by atomic mass is 16.5. The van der Waals surface area contributed by atoms with Crippen molar-refractivity contribution >= 4 is 12.3 Å². The van der Waals surface area contributed by atoms with E-state index in [1.54, 1.807) is 0 Å². The molecule has 5 heteroatoms. The fourth-order valence-corrected chi connectivity index (χ4v) is 0.811. The van der Waals surface area contributed by atoms with Gasteiger partial charge in [0.1, 0.15) is 19.0 Å². The van der Waals surface area contributed by atoms with Crippen molar-refractivity contribution in [2.24, 2.45) is 0 Å². The van der Waals surface area contributed by atoms with Gasteiger partial charge in [-0.15, -0.1) is 0 Å². The van der Waals surface area contributed by atoms with E-state index in [2.05, 4.69) is 4.74 Å². The summed E-state index contributed by atoms with van der Waals surface area (Å²) in [7, 11) is 0. The molecule has 0 aromatic heterocycles. The minimum Gasteiger partial charge on any atom is -0.463 e. The van der Waals surface area contributed by atoms with Crippen molar-refractivity contribution < 1.29 is 24.5 Å². The number of aliphatic hydroxyl groups is 2. The van der Waals surface area contributed by atoms with Gasteiger partial charge in [0.2, 0.25) is 0 Å². The normalized spacial score (nSPS) is 12.1. The summed E-state index contributed by atoms with van der Waals surface area (Å²) < 4.78 is 4.64. The summed E-state index contributed by atoms with van der Waals surface area (Å²) in [6.45, 7) is -0.596. The fourth-order valence-electron chi connectivity index (χ4n) is 0.811. The molecule has 0 radical (unpaired) electrons. The minimum atomic E-state index is -1.01. The zero-order chi connectivity index (χ0) is 10.8. The summed E-state index contributed by atoms with van der Waals surface area (Å²) in [6, 6.07) is 0. The SMILES string of the molecule is O=CCCCCC(=O)OCC(O)CO. The van der Waals surface area contributed by atoms with Crippen molar-refractivity contribution in [3.8, 4) is 0 Å². The first-order valence-corrected chi connectivity index (χ1v) is 4.59. The largest absolute Gasteiger partial charge is 0.463 e. The molecular weight excluding hydrogens is 188 g/mol. The molecule has 0 bridgehead atoms. The molecule has 0 rings (SSSR count). The second kappa shape index (κ2) is 8.65. The van der Waals surface area contributed by atoms with Gasteiger partial charge in [-0.1, -0.05) is 0 Å². The fraction of sp³-hybridized carbons (Fsp3) is 0.778. The number of aliphatic hydroxyl groups excluding tert-OH is 2. The van der Waals surface area contributed by atoms with Crippen LogP contribution in [0.3, 0.4) is 0 Å². The van der Waals surface area contributed by atoms with Crippen molar-refractivity contribution in [1.29, 1.82) is 0 Å². The van der Waals surface area contributed by atoms with Gasteiger partial charge in [-0.05, 0) is 12.8 Å². The summed E-state index contributed by atoms with van der Waals surface area (Å²) in [5.74, 6) is -0.414. The van der Waals surface area contributed by atoms with E-state index in [1.165, 1.54) is 0 Å². The van der Waals surface area contributed by atoms with Gasteiger partial charge in [-0.2, -0.15) is 0 Å². The van der Waals surface area contributed by atoms with Gasteiger partial charge >= 0.3 is 5.97 Å². The molecule has 82 valence electrons. The van der Waals surface area contributed by atoms with E-state index in [0.29, 0.717) is 19.3 Å². The molecule has 0 aromatic rings. The average Bonchev–Trinajstić information content (AvgIpc) is 2.21. The van der Waals surface area contributed by atoms with Crippen LogP contribution in [0.5, 0.6) is 0 Å². The van der Waals surface area contributed by atoms with Gasteiger partial charge in [0.05, 0.1) is 6.61 Å². The van der Waals surface area contributed by atoms with Crippen LogP contribution in [0, 0.1) is 0 Å². The zero-order valence-electron chi connectivity index (χ0n) is 8.02. The summed E-state index contributed by atoms with van der Waals surface area (Å²) in [4.78, 5) is 20.8. The van der Waals surface area contributed by atoms with Crippen molar-refractivity contribution in [2.75, 3.05) is 13.2 Å². The average molecular weight is 204 g/mol. The molecule has 0 aliphatic rings. The molecule has 1 atom stereocenters. The number of carbonyl (C=O) groups is 2. The molecule has 0 saturated carbocycles. The number of hydrogen-bond donors (Lipinski definition) is 2. The van der Waals surface area contributed by atoms with E-state index in [0.717, 1.165) is 6.29 Å². The first-order valence-electron chi connectivity index (χ1n) is 4.59. The van der Waals surface area contributed by atoms with Crippen LogP contribution in [-0.4, -0.2) is 41.8 Å². The van der Waals surface area contributed by atoms with Crippen LogP contribution in [0.2, 0.25) is 0 Å².